The number of nitrogens with one attached hydrogen (secondary N) is 3. The molecule has 2 aliphatic carbocycles. The van der Waals surface area contributed by atoms with Crippen LogP contribution in [0.4, 0.5) is 17.6 Å². The summed E-state index contributed by atoms with van der Waals surface area (Å²) in [5, 5.41) is 11.0. The third-order valence-corrected chi connectivity index (χ3v) is 11.9. The van der Waals surface area contributed by atoms with Crippen LogP contribution in [0.5, 0.6) is 0 Å². The molecule has 2 saturated carbocycles. The molecule has 12 heteroatoms. The molecule has 0 aromatic carbocycles. The second-order valence-corrected chi connectivity index (χ2v) is 15.5. The first kappa shape index (κ1) is 36.3. The maximum Gasteiger partial charge on any atom is 0.330 e. The third-order valence-electron chi connectivity index (χ3n) is 9.72. The van der Waals surface area contributed by atoms with E-state index in [2.05, 4.69) is 30.7 Å². The molecule has 0 amide bonds. The Hall–Kier alpha value is -1.49. The highest BCUT2D eigenvalue weighted by Crippen LogP contribution is 2.48. The van der Waals surface area contributed by atoms with Crippen molar-refractivity contribution in [2.75, 3.05) is 94.2 Å². The van der Waals surface area contributed by atoms with E-state index in [1.165, 1.54) is 64.2 Å². The van der Waals surface area contributed by atoms with Crippen molar-refractivity contribution in [1.82, 2.24) is 25.5 Å². The maximum atomic E-state index is 12.8. The van der Waals surface area contributed by atoms with E-state index in [1.54, 1.807) is 0 Å². The molecule has 3 fully saturated rings. The van der Waals surface area contributed by atoms with Crippen LogP contribution < -0.4 is 26.6 Å². The molecule has 0 spiro atoms. The lowest BCUT2D eigenvalue weighted by Crippen LogP contribution is -2.34. The molecule has 0 atom stereocenters. The number of nitrogen functional groups attached to an aromatic ring is 1. The summed E-state index contributed by atoms with van der Waals surface area (Å²) >= 11 is 0. The highest BCUT2D eigenvalue weighted by atomic mass is 31.2. The summed E-state index contributed by atoms with van der Waals surface area (Å²) in [5.74, 6) is 3.49. The van der Waals surface area contributed by atoms with E-state index in [4.69, 9.17) is 19.8 Å². The van der Waals surface area contributed by atoms with Crippen LogP contribution in [0.25, 0.3) is 0 Å². The Morgan fingerprint density at radius 2 is 1.60 bits per heavy atom. The highest BCUT2D eigenvalue weighted by molar-refractivity contribution is 7.53. The van der Waals surface area contributed by atoms with Crippen LogP contribution in [0.15, 0.2) is 6.07 Å². The molecule has 1 aromatic rings. The van der Waals surface area contributed by atoms with E-state index in [0.717, 1.165) is 89.5 Å². The van der Waals surface area contributed by atoms with Crippen molar-refractivity contribution < 1.29 is 13.6 Å². The summed E-state index contributed by atoms with van der Waals surface area (Å²) in [6.45, 7) is 13.5. The fraction of sp³-hybridized carbons (Fsp3) is 0.879. The molecule has 5 N–H and O–H groups in total. The first-order valence-corrected chi connectivity index (χ1v) is 19.9. The standard InChI is InChI=1S/C33H63N8O3P/c1-3-43-45(42,44-4-2)24-10-20-40-19-9-21-41(23-22-40)32-25-31(34)38-33(39-32)37-27-29-15-13-28(14-16-29)26-35-17-8-18-36-30-11-6-5-7-12-30/h25,28-30,35-36H,3-24,26-27H2,1-2H3,(H3,34,37,38,39). The zero-order valence-corrected chi connectivity index (χ0v) is 29.2. The van der Waals surface area contributed by atoms with E-state index in [-0.39, 0.29) is 0 Å². The number of hydrogen-bond donors (Lipinski definition) is 4. The molecule has 1 aromatic heterocycles. The van der Waals surface area contributed by atoms with Gasteiger partial charge in [-0.15, -0.1) is 0 Å². The van der Waals surface area contributed by atoms with Gasteiger partial charge in [0.15, 0.2) is 0 Å². The van der Waals surface area contributed by atoms with Crippen molar-refractivity contribution in [3.8, 4) is 0 Å². The van der Waals surface area contributed by atoms with Gasteiger partial charge in [-0.05, 0) is 116 Å². The van der Waals surface area contributed by atoms with Gasteiger partial charge < -0.3 is 40.5 Å². The fourth-order valence-corrected chi connectivity index (χ4v) is 8.82. The first-order chi connectivity index (χ1) is 22.0. The quantitative estimate of drug-likeness (QED) is 0.114. The molecular weight excluding hydrogens is 587 g/mol. The summed E-state index contributed by atoms with van der Waals surface area (Å²) in [6, 6.07) is 2.66. The van der Waals surface area contributed by atoms with E-state index < -0.39 is 7.60 Å². The predicted molar refractivity (Wildman–Crippen MR) is 186 cm³/mol. The minimum absolute atomic E-state index is 0.409. The molecule has 2 heterocycles. The fourth-order valence-electron chi connectivity index (χ4n) is 7.17. The number of rotatable bonds is 19. The van der Waals surface area contributed by atoms with Crippen molar-refractivity contribution in [3.05, 3.63) is 6.07 Å². The second-order valence-electron chi connectivity index (χ2n) is 13.3. The van der Waals surface area contributed by atoms with Gasteiger partial charge in [-0.3, -0.25) is 4.57 Å². The molecule has 0 unspecified atom stereocenters. The maximum absolute atomic E-state index is 12.8. The lowest BCUT2D eigenvalue weighted by atomic mass is 9.82. The Balaban J connectivity index is 1.11. The van der Waals surface area contributed by atoms with E-state index in [9.17, 15) is 4.57 Å². The minimum Gasteiger partial charge on any atom is -0.383 e. The minimum atomic E-state index is -2.98. The summed E-state index contributed by atoms with van der Waals surface area (Å²) in [7, 11) is -2.98. The van der Waals surface area contributed by atoms with E-state index >= 15 is 0 Å². The monoisotopic (exact) mass is 650 g/mol. The smallest absolute Gasteiger partial charge is 0.330 e. The van der Waals surface area contributed by atoms with Crippen molar-refractivity contribution in [3.63, 3.8) is 0 Å². The molecular formula is C33H63N8O3P. The Bertz CT molecular complexity index is 996. The average Bonchev–Trinajstić information content (AvgIpc) is 3.28. The number of aromatic nitrogens is 2. The zero-order valence-electron chi connectivity index (χ0n) is 28.3. The van der Waals surface area contributed by atoms with Gasteiger partial charge >= 0.3 is 7.60 Å². The number of anilines is 3. The zero-order chi connectivity index (χ0) is 31.7. The largest absolute Gasteiger partial charge is 0.383 e. The van der Waals surface area contributed by atoms with Gasteiger partial charge in [-0.2, -0.15) is 9.97 Å². The molecule has 0 radical (unpaired) electrons. The van der Waals surface area contributed by atoms with Gasteiger partial charge in [0.05, 0.1) is 19.4 Å². The van der Waals surface area contributed by atoms with E-state index in [0.29, 0.717) is 37.1 Å². The lowest BCUT2D eigenvalue weighted by Gasteiger charge is -2.29. The van der Waals surface area contributed by atoms with Gasteiger partial charge in [-0.25, -0.2) is 0 Å². The molecule has 11 nitrogen and oxygen atoms in total. The summed E-state index contributed by atoms with van der Waals surface area (Å²) in [4.78, 5) is 14.1. The highest BCUT2D eigenvalue weighted by Gasteiger charge is 2.25. The van der Waals surface area contributed by atoms with Crippen molar-refractivity contribution in [2.45, 2.75) is 96.9 Å². The van der Waals surface area contributed by atoms with Gasteiger partial charge in [0, 0.05) is 38.3 Å². The van der Waals surface area contributed by atoms with Gasteiger partial charge in [0.25, 0.3) is 0 Å². The normalized spacial score (nSPS) is 22.4. The van der Waals surface area contributed by atoms with Crippen LogP contribution in [0, 0.1) is 11.8 Å². The van der Waals surface area contributed by atoms with Crippen LogP contribution in [0.2, 0.25) is 0 Å². The van der Waals surface area contributed by atoms with Gasteiger partial charge in [0.1, 0.15) is 11.6 Å². The van der Waals surface area contributed by atoms with Crippen LogP contribution in [-0.4, -0.2) is 99.2 Å². The molecule has 258 valence electrons. The molecule has 1 aliphatic heterocycles. The van der Waals surface area contributed by atoms with Crippen LogP contribution in [0.1, 0.15) is 90.9 Å². The summed E-state index contributed by atoms with van der Waals surface area (Å²) in [5.41, 5.74) is 6.24. The summed E-state index contributed by atoms with van der Waals surface area (Å²) in [6.07, 6.45) is 15.6. The average molecular weight is 651 g/mol. The second kappa shape index (κ2) is 20.0. The van der Waals surface area contributed by atoms with Crippen molar-refractivity contribution >= 4 is 25.2 Å². The molecule has 45 heavy (non-hydrogen) atoms. The van der Waals surface area contributed by atoms with Crippen LogP contribution in [0.3, 0.4) is 0 Å². The third kappa shape index (κ3) is 13.3. The predicted octanol–water partition coefficient (Wildman–Crippen LogP) is 5.35. The van der Waals surface area contributed by atoms with Gasteiger partial charge in [-0.1, -0.05) is 19.3 Å². The first-order valence-electron chi connectivity index (χ1n) is 18.1. The molecule has 3 aliphatic rings. The Labute approximate surface area is 273 Å². The SMILES string of the molecule is CCOP(=O)(CCCN1CCCN(c2cc(N)nc(NCC3CCC(CNCCCNC4CCCCC4)CC3)n2)CC1)OCC. The van der Waals surface area contributed by atoms with E-state index in [1.807, 2.05) is 19.9 Å². The van der Waals surface area contributed by atoms with Crippen molar-refractivity contribution in [1.29, 1.82) is 0 Å². The molecule has 1 saturated heterocycles. The van der Waals surface area contributed by atoms with Gasteiger partial charge in [0.2, 0.25) is 5.95 Å². The van der Waals surface area contributed by atoms with Crippen LogP contribution in [-0.2, 0) is 13.6 Å². The Kier molecular flexibility index (Phi) is 16.2. The van der Waals surface area contributed by atoms with Crippen molar-refractivity contribution in [2.24, 2.45) is 11.8 Å². The molecule has 4 rings (SSSR count). The molecule has 0 bridgehead atoms. The number of hydrogen-bond acceptors (Lipinski definition) is 11. The number of nitrogens with zero attached hydrogens (tertiary/aromatic N) is 4. The topological polar surface area (TPSA) is 130 Å². The van der Waals surface area contributed by atoms with Crippen LogP contribution >= 0.6 is 7.60 Å². The Morgan fingerprint density at radius 1 is 0.867 bits per heavy atom. The number of nitrogens with two attached hydrogens (primary N) is 1. The Morgan fingerprint density at radius 3 is 2.33 bits per heavy atom. The summed E-state index contributed by atoms with van der Waals surface area (Å²) < 4.78 is 23.7. The lowest BCUT2D eigenvalue weighted by molar-refractivity contribution is 0.217.